The quantitative estimate of drug-likeness (QED) is 0.730. The molecule has 2 rings (SSSR count). The van der Waals surface area contributed by atoms with Gasteiger partial charge in [0.05, 0.1) is 6.42 Å². The molecule has 0 aromatic carbocycles. The molecule has 1 heterocycles. The lowest BCUT2D eigenvalue weighted by Gasteiger charge is -2.24. The molecule has 0 radical (unpaired) electrons. The highest BCUT2D eigenvalue weighted by Crippen LogP contribution is 2.34. The fourth-order valence-corrected chi connectivity index (χ4v) is 1.65. The average Bonchev–Trinajstić information content (AvgIpc) is 1.99. The summed E-state index contributed by atoms with van der Waals surface area (Å²) in [5.41, 5.74) is 1.11. The van der Waals surface area contributed by atoms with E-state index in [9.17, 15) is 4.79 Å². The fourth-order valence-electron chi connectivity index (χ4n) is 1.65. The third-order valence-corrected chi connectivity index (χ3v) is 2.66. The zero-order chi connectivity index (χ0) is 9.97. The van der Waals surface area contributed by atoms with E-state index < -0.39 is 0 Å². The molecular formula is C11H14N2O. The SMILES string of the molecule is CC(=O)Cc1nccc(C2CCC2)n1. The van der Waals surface area contributed by atoms with Gasteiger partial charge in [-0.25, -0.2) is 9.97 Å². The van der Waals surface area contributed by atoms with Gasteiger partial charge in [-0.3, -0.25) is 4.79 Å². The van der Waals surface area contributed by atoms with Crippen molar-refractivity contribution >= 4 is 5.78 Å². The summed E-state index contributed by atoms with van der Waals surface area (Å²) in [5.74, 6) is 1.40. The van der Waals surface area contributed by atoms with E-state index in [4.69, 9.17) is 0 Å². The Morgan fingerprint density at radius 2 is 2.36 bits per heavy atom. The van der Waals surface area contributed by atoms with E-state index in [-0.39, 0.29) is 5.78 Å². The van der Waals surface area contributed by atoms with Crippen molar-refractivity contribution < 1.29 is 4.79 Å². The van der Waals surface area contributed by atoms with E-state index in [0.29, 0.717) is 18.2 Å². The molecule has 0 spiro atoms. The lowest BCUT2D eigenvalue weighted by Crippen LogP contribution is -2.13. The third-order valence-electron chi connectivity index (χ3n) is 2.66. The summed E-state index contributed by atoms with van der Waals surface area (Å²) in [6.07, 6.45) is 5.89. The molecule has 0 atom stereocenters. The van der Waals surface area contributed by atoms with Crippen LogP contribution in [0.3, 0.4) is 0 Å². The summed E-state index contributed by atoms with van der Waals surface area (Å²) in [7, 11) is 0. The predicted molar refractivity (Wildman–Crippen MR) is 53.0 cm³/mol. The van der Waals surface area contributed by atoms with E-state index in [1.54, 1.807) is 13.1 Å². The fraction of sp³-hybridized carbons (Fsp3) is 0.545. The van der Waals surface area contributed by atoms with Crippen molar-refractivity contribution in [3.05, 3.63) is 23.8 Å². The summed E-state index contributed by atoms with van der Waals surface area (Å²) in [4.78, 5) is 19.4. The maximum atomic E-state index is 10.9. The largest absolute Gasteiger partial charge is 0.300 e. The van der Waals surface area contributed by atoms with Crippen molar-refractivity contribution in [3.63, 3.8) is 0 Å². The Hall–Kier alpha value is -1.25. The molecule has 0 bridgehead atoms. The second-order valence-corrected chi connectivity index (χ2v) is 3.90. The molecule has 0 unspecified atom stereocenters. The van der Waals surface area contributed by atoms with Crippen molar-refractivity contribution in [2.45, 2.75) is 38.5 Å². The van der Waals surface area contributed by atoms with Crippen LogP contribution < -0.4 is 0 Å². The van der Waals surface area contributed by atoms with Crippen LogP contribution in [0.4, 0.5) is 0 Å². The molecule has 0 saturated heterocycles. The molecule has 14 heavy (non-hydrogen) atoms. The van der Waals surface area contributed by atoms with Gasteiger partial charge in [0.25, 0.3) is 0 Å². The predicted octanol–water partition coefficient (Wildman–Crippen LogP) is 1.88. The van der Waals surface area contributed by atoms with Gasteiger partial charge in [0.15, 0.2) is 0 Å². The second kappa shape index (κ2) is 3.86. The van der Waals surface area contributed by atoms with Crippen LogP contribution in [0.5, 0.6) is 0 Å². The topological polar surface area (TPSA) is 42.9 Å². The Balaban J connectivity index is 2.13. The molecular weight excluding hydrogens is 176 g/mol. The van der Waals surface area contributed by atoms with Crippen LogP contribution >= 0.6 is 0 Å². The second-order valence-electron chi connectivity index (χ2n) is 3.90. The van der Waals surface area contributed by atoms with Gasteiger partial charge in [0.2, 0.25) is 0 Å². The molecule has 1 aliphatic carbocycles. The van der Waals surface area contributed by atoms with Gasteiger partial charge in [-0.1, -0.05) is 6.42 Å². The van der Waals surface area contributed by atoms with Crippen LogP contribution in [0, 0.1) is 0 Å². The zero-order valence-electron chi connectivity index (χ0n) is 8.36. The van der Waals surface area contributed by atoms with Crippen molar-refractivity contribution in [2.24, 2.45) is 0 Å². The first kappa shape index (κ1) is 9.31. The molecule has 1 saturated carbocycles. The van der Waals surface area contributed by atoms with Crippen LogP contribution in [0.1, 0.15) is 43.6 Å². The molecule has 1 aromatic heterocycles. The number of hydrogen-bond acceptors (Lipinski definition) is 3. The highest BCUT2D eigenvalue weighted by Gasteiger charge is 2.21. The molecule has 1 aliphatic rings. The summed E-state index contributed by atoms with van der Waals surface area (Å²) < 4.78 is 0. The third kappa shape index (κ3) is 1.97. The summed E-state index contributed by atoms with van der Waals surface area (Å²) >= 11 is 0. The number of nitrogens with zero attached hydrogens (tertiary/aromatic N) is 2. The maximum Gasteiger partial charge on any atom is 0.137 e. The molecule has 3 heteroatoms. The van der Waals surface area contributed by atoms with Gasteiger partial charge in [-0.05, 0) is 25.8 Å². The van der Waals surface area contributed by atoms with E-state index in [0.717, 1.165) is 5.69 Å². The van der Waals surface area contributed by atoms with Crippen molar-refractivity contribution in [1.82, 2.24) is 9.97 Å². The summed E-state index contributed by atoms with van der Waals surface area (Å²) in [6, 6.07) is 1.97. The van der Waals surface area contributed by atoms with E-state index >= 15 is 0 Å². The minimum absolute atomic E-state index is 0.121. The molecule has 3 nitrogen and oxygen atoms in total. The minimum Gasteiger partial charge on any atom is -0.300 e. The number of ketones is 1. The Kier molecular flexibility index (Phi) is 2.57. The molecule has 1 aromatic rings. The highest BCUT2D eigenvalue weighted by atomic mass is 16.1. The van der Waals surface area contributed by atoms with E-state index in [1.165, 1.54) is 19.3 Å². The Morgan fingerprint density at radius 1 is 1.57 bits per heavy atom. The highest BCUT2D eigenvalue weighted by molar-refractivity contribution is 5.77. The smallest absolute Gasteiger partial charge is 0.137 e. The first-order valence-electron chi connectivity index (χ1n) is 5.07. The average molecular weight is 190 g/mol. The van der Waals surface area contributed by atoms with Crippen molar-refractivity contribution in [3.8, 4) is 0 Å². The standard InChI is InChI=1S/C11H14N2O/c1-8(14)7-11-12-6-5-10(13-11)9-3-2-4-9/h5-6,9H,2-4,7H2,1H3. The van der Waals surface area contributed by atoms with Crippen LogP contribution in [-0.4, -0.2) is 15.8 Å². The lowest BCUT2D eigenvalue weighted by molar-refractivity contribution is -0.116. The number of carbonyl (C=O) groups is 1. The summed E-state index contributed by atoms with van der Waals surface area (Å²) in [6.45, 7) is 1.57. The van der Waals surface area contributed by atoms with E-state index in [1.807, 2.05) is 6.07 Å². The van der Waals surface area contributed by atoms with Gasteiger partial charge < -0.3 is 0 Å². The number of Topliss-reactive ketones (excluding diaryl/α,β-unsaturated/α-hetero) is 1. The van der Waals surface area contributed by atoms with Gasteiger partial charge in [0, 0.05) is 17.8 Å². The molecule has 0 aliphatic heterocycles. The number of rotatable bonds is 3. The van der Waals surface area contributed by atoms with Crippen LogP contribution in [0.25, 0.3) is 0 Å². The van der Waals surface area contributed by atoms with Crippen LogP contribution in [0.15, 0.2) is 12.3 Å². The molecule has 1 fully saturated rings. The van der Waals surface area contributed by atoms with Crippen molar-refractivity contribution in [2.75, 3.05) is 0 Å². The molecule has 0 amide bonds. The van der Waals surface area contributed by atoms with Crippen molar-refractivity contribution in [1.29, 1.82) is 0 Å². The monoisotopic (exact) mass is 190 g/mol. The number of hydrogen-bond donors (Lipinski definition) is 0. The maximum absolute atomic E-state index is 10.9. The van der Waals surface area contributed by atoms with E-state index in [2.05, 4.69) is 9.97 Å². The lowest BCUT2D eigenvalue weighted by atomic mass is 9.83. The van der Waals surface area contributed by atoms with Gasteiger partial charge >= 0.3 is 0 Å². The Morgan fingerprint density at radius 3 is 2.93 bits per heavy atom. The van der Waals surface area contributed by atoms with Gasteiger partial charge in [-0.2, -0.15) is 0 Å². The summed E-state index contributed by atoms with van der Waals surface area (Å²) in [5, 5.41) is 0. The number of carbonyl (C=O) groups excluding carboxylic acids is 1. The molecule has 74 valence electrons. The normalized spacial score (nSPS) is 16.4. The number of aromatic nitrogens is 2. The van der Waals surface area contributed by atoms with Crippen LogP contribution in [-0.2, 0) is 11.2 Å². The first-order chi connectivity index (χ1) is 6.75. The van der Waals surface area contributed by atoms with Gasteiger partial charge in [0.1, 0.15) is 11.6 Å². The van der Waals surface area contributed by atoms with Gasteiger partial charge in [-0.15, -0.1) is 0 Å². The minimum atomic E-state index is 0.121. The van der Waals surface area contributed by atoms with Crippen LogP contribution in [0.2, 0.25) is 0 Å². The first-order valence-corrected chi connectivity index (χ1v) is 5.07. The molecule has 0 N–H and O–H groups in total. The Labute approximate surface area is 83.6 Å². The zero-order valence-corrected chi connectivity index (χ0v) is 8.36. The Bertz CT molecular complexity index is 345.